The van der Waals surface area contributed by atoms with Gasteiger partial charge in [-0.1, -0.05) is 0 Å². The maximum atomic E-state index is 5.84. The zero-order chi connectivity index (χ0) is 12.4. The van der Waals surface area contributed by atoms with Gasteiger partial charge in [0.05, 0.1) is 12.2 Å². The lowest BCUT2D eigenvalue weighted by atomic mass is 10.2. The number of anilines is 2. The predicted molar refractivity (Wildman–Crippen MR) is 71.7 cm³/mol. The van der Waals surface area contributed by atoms with E-state index < -0.39 is 0 Å². The van der Waals surface area contributed by atoms with Crippen LogP contribution in [0.4, 0.5) is 11.4 Å². The molecule has 4 heteroatoms. The van der Waals surface area contributed by atoms with E-state index in [1.807, 2.05) is 18.2 Å². The minimum Gasteiger partial charge on any atom is -0.487 e. The third-order valence-corrected chi connectivity index (χ3v) is 2.95. The van der Waals surface area contributed by atoms with Crippen LogP contribution in [0, 0.1) is 0 Å². The van der Waals surface area contributed by atoms with Gasteiger partial charge in [0.1, 0.15) is 11.9 Å². The van der Waals surface area contributed by atoms with Crippen molar-refractivity contribution in [3.05, 3.63) is 18.2 Å². The van der Waals surface area contributed by atoms with Crippen molar-refractivity contribution in [2.24, 2.45) is 0 Å². The summed E-state index contributed by atoms with van der Waals surface area (Å²) in [5.74, 6) is 0.941. The predicted octanol–water partition coefficient (Wildman–Crippen LogP) is 1.42. The molecule has 0 spiro atoms. The standard InChI is InChI=1S/C13H21N3O/c1-10-9-16(7-6-15(2)3)12-8-11(14)4-5-13(12)17-10/h4-5,8,10H,6-7,9,14H2,1-3H3. The van der Waals surface area contributed by atoms with Crippen molar-refractivity contribution in [1.29, 1.82) is 0 Å². The van der Waals surface area contributed by atoms with Crippen LogP contribution in [-0.2, 0) is 0 Å². The third-order valence-electron chi connectivity index (χ3n) is 2.95. The van der Waals surface area contributed by atoms with Gasteiger partial charge in [-0.25, -0.2) is 0 Å². The van der Waals surface area contributed by atoms with Gasteiger partial charge in [0.25, 0.3) is 0 Å². The van der Waals surface area contributed by atoms with Gasteiger partial charge in [-0.05, 0) is 39.2 Å². The molecule has 1 aliphatic rings. The number of nitrogen functional groups attached to an aromatic ring is 1. The monoisotopic (exact) mass is 235 g/mol. The SMILES string of the molecule is CC1CN(CCN(C)C)c2cc(N)ccc2O1. The van der Waals surface area contributed by atoms with E-state index in [0.29, 0.717) is 0 Å². The average Bonchev–Trinajstić information content (AvgIpc) is 2.26. The molecule has 0 fully saturated rings. The first-order valence-electron chi connectivity index (χ1n) is 6.02. The highest BCUT2D eigenvalue weighted by Gasteiger charge is 2.22. The summed E-state index contributed by atoms with van der Waals surface area (Å²) in [6.07, 6.45) is 0.230. The lowest BCUT2D eigenvalue weighted by molar-refractivity contribution is 0.211. The molecule has 0 aromatic heterocycles. The van der Waals surface area contributed by atoms with E-state index in [2.05, 4.69) is 30.8 Å². The Bertz CT molecular complexity index is 392. The van der Waals surface area contributed by atoms with Gasteiger partial charge in [0.2, 0.25) is 0 Å². The topological polar surface area (TPSA) is 41.7 Å². The number of ether oxygens (including phenoxy) is 1. The first kappa shape index (κ1) is 12.0. The smallest absolute Gasteiger partial charge is 0.143 e. The molecule has 0 bridgehead atoms. The summed E-state index contributed by atoms with van der Waals surface area (Å²) in [4.78, 5) is 4.53. The Kier molecular flexibility index (Phi) is 3.43. The van der Waals surface area contributed by atoms with Gasteiger partial charge in [-0.15, -0.1) is 0 Å². The highest BCUT2D eigenvalue weighted by Crippen LogP contribution is 2.34. The fourth-order valence-corrected chi connectivity index (χ4v) is 2.08. The van der Waals surface area contributed by atoms with Crippen molar-refractivity contribution in [3.63, 3.8) is 0 Å². The summed E-state index contributed by atoms with van der Waals surface area (Å²) in [5, 5.41) is 0. The molecule has 1 aliphatic heterocycles. The Hall–Kier alpha value is -1.42. The van der Waals surface area contributed by atoms with Gasteiger partial charge in [0, 0.05) is 18.8 Å². The zero-order valence-electron chi connectivity index (χ0n) is 10.8. The molecule has 0 saturated carbocycles. The first-order valence-corrected chi connectivity index (χ1v) is 6.02. The number of nitrogens with zero attached hydrogens (tertiary/aromatic N) is 2. The summed E-state index contributed by atoms with van der Waals surface area (Å²) < 4.78 is 5.81. The number of benzene rings is 1. The number of nitrogens with two attached hydrogens (primary N) is 1. The third kappa shape index (κ3) is 2.82. The second-order valence-electron chi connectivity index (χ2n) is 4.90. The Morgan fingerprint density at radius 1 is 1.47 bits per heavy atom. The summed E-state index contributed by atoms with van der Waals surface area (Å²) in [5.41, 5.74) is 7.75. The van der Waals surface area contributed by atoms with Crippen LogP contribution >= 0.6 is 0 Å². The van der Waals surface area contributed by atoms with Crippen molar-refractivity contribution >= 4 is 11.4 Å². The largest absolute Gasteiger partial charge is 0.487 e. The number of likely N-dealkylation sites (N-methyl/N-ethyl adjacent to an activating group) is 1. The highest BCUT2D eigenvalue weighted by atomic mass is 16.5. The molecule has 2 N–H and O–H groups in total. The fourth-order valence-electron chi connectivity index (χ4n) is 2.08. The molecule has 1 atom stereocenters. The Labute approximate surface area is 103 Å². The average molecular weight is 235 g/mol. The lowest BCUT2D eigenvalue weighted by Crippen LogP contribution is -2.41. The van der Waals surface area contributed by atoms with E-state index in [1.165, 1.54) is 0 Å². The van der Waals surface area contributed by atoms with Crippen LogP contribution in [0.2, 0.25) is 0 Å². The number of hydrogen-bond donors (Lipinski definition) is 1. The van der Waals surface area contributed by atoms with Gasteiger partial charge in [-0.2, -0.15) is 0 Å². The van der Waals surface area contributed by atoms with Crippen LogP contribution in [0.15, 0.2) is 18.2 Å². The van der Waals surface area contributed by atoms with Crippen molar-refractivity contribution in [2.75, 3.05) is 44.4 Å². The molecular formula is C13H21N3O. The molecule has 4 nitrogen and oxygen atoms in total. The van der Waals surface area contributed by atoms with Crippen LogP contribution in [0.3, 0.4) is 0 Å². The normalized spacial score (nSPS) is 19.1. The number of fused-ring (bicyclic) bond motifs is 1. The molecule has 1 heterocycles. The van der Waals surface area contributed by atoms with Crippen LogP contribution in [0.5, 0.6) is 5.75 Å². The van der Waals surface area contributed by atoms with E-state index in [1.54, 1.807) is 0 Å². The van der Waals surface area contributed by atoms with Crippen molar-refractivity contribution < 1.29 is 4.74 Å². The second kappa shape index (κ2) is 4.84. The van der Waals surface area contributed by atoms with Crippen LogP contribution < -0.4 is 15.4 Å². The van der Waals surface area contributed by atoms with E-state index in [0.717, 1.165) is 36.8 Å². The van der Waals surface area contributed by atoms with E-state index >= 15 is 0 Å². The first-order chi connectivity index (χ1) is 8.06. The second-order valence-corrected chi connectivity index (χ2v) is 4.90. The van der Waals surface area contributed by atoms with Gasteiger partial charge >= 0.3 is 0 Å². The van der Waals surface area contributed by atoms with Crippen molar-refractivity contribution in [2.45, 2.75) is 13.0 Å². The summed E-state index contributed by atoms with van der Waals surface area (Å²) in [6, 6.07) is 5.85. The van der Waals surface area contributed by atoms with Crippen molar-refractivity contribution in [3.8, 4) is 5.75 Å². The maximum absolute atomic E-state index is 5.84. The molecule has 0 aliphatic carbocycles. The summed E-state index contributed by atoms with van der Waals surface area (Å²) in [6.45, 7) is 5.05. The molecule has 2 rings (SSSR count). The molecule has 0 saturated heterocycles. The van der Waals surface area contributed by atoms with E-state index in [9.17, 15) is 0 Å². The number of hydrogen-bond acceptors (Lipinski definition) is 4. The van der Waals surface area contributed by atoms with Gasteiger partial charge in [0.15, 0.2) is 0 Å². The maximum Gasteiger partial charge on any atom is 0.143 e. The Morgan fingerprint density at radius 2 is 2.24 bits per heavy atom. The van der Waals surface area contributed by atoms with Crippen LogP contribution in [-0.4, -0.2) is 44.7 Å². The van der Waals surface area contributed by atoms with Crippen molar-refractivity contribution in [1.82, 2.24) is 4.90 Å². The molecule has 17 heavy (non-hydrogen) atoms. The lowest BCUT2D eigenvalue weighted by Gasteiger charge is -2.35. The quantitative estimate of drug-likeness (QED) is 0.805. The molecule has 0 radical (unpaired) electrons. The Morgan fingerprint density at radius 3 is 2.94 bits per heavy atom. The number of rotatable bonds is 3. The molecule has 1 aromatic carbocycles. The van der Waals surface area contributed by atoms with E-state index in [4.69, 9.17) is 10.5 Å². The minimum absolute atomic E-state index is 0.230. The fraction of sp³-hybridized carbons (Fsp3) is 0.538. The summed E-state index contributed by atoms with van der Waals surface area (Å²) >= 11 is 0. The molecule has 94 valence electrons. The highest BCUT2D eigenvalue weighted by molar-refractivity contribution is 5.66. The molecular weight excluding hydrogens is 214 g/mol. The molecule has 1 unspecified atom stereocenters. The van der Waals surface area contributed by atoms with Gasteiger partial charge < -0.3 is 20.3 Å². The zero-order valence-corrected chi connectivity index (χ0v) is 10.8. The van der Waals surface area contributed by atoms with Crippen LogP contribution in [0.1, 0.15) is 6.92 Å². The van der Waals surface area contributed by atoms with Gasteiger partial charge in [-0.3, -0.25) is 0 Å². The minimum atomic E-state index is 0.230. The molecule has 1 aromatic rings. The van der Waals surface area contributed by atoms with Crippen LogP contribution in [0.25, 0.3) is 0 Å². The molecule has 0 amide bonds. The Balaban J connectivity index is 2.20. The van der Waals surface area contributed by atoms with E-state index in [-0.39, 0.29) is 6.10 Å². The summed E-state index contributed by atoms with van der Waals surface area (Å²) in [7, 11) is 4.17.